The molecule has 0 spiro atoms. The molecule has 1 aromatic heterocycles. The van der Waals surface area contributed by atoms with Gasteiger partial charge in [-0.05, 0) is 23.7 Å². The lowest BCUT2D eigenvalue weighted by Crippen LogP contribution is -1.96. The van der Waals surface area contributed by atoms with Gasteiger partial charge in [0.2, 0.25) is 0 Å². The van der Waals surface area contributed by atoms with E-state index in [0.29, 0.717) is 0 Å². The average molecular weight is 332 g/mol. The summed E-state index contributed by atoms with van der Waals surface area (Å²) in [7, 11) is 0. The molecule has 1 heteroatoms. The fourth-order valence-electron chi connectivity index (χ4n) is 2.93. The average Bonchev–Trinajstić information content (AvgIpc) is 3.27. The molecule has 0 aliphatic carbocycles. The van der Waals surface area contributed by atoms with Crippen molar-refractivity contribution in [3.63, 3.8) is 0 Å². The number of para-hydroxylation sites is 3. The highest BCUT2D eigenvalue weighted by atomic mass is 15.0. The van der Waals surface area contributed by atoms with Gasteiger partial charge < -0.3 is 4.57 Å². The topological polar surface area (TPSA) is 4.93 Å². The molecule has 0 N–H and O–H groups in total. The first kappa shape index (κ1) is 6.20. The zero-order valence-corrected chi connectivity index (χ0v) is 12.8. The third-order valence-corrected chi connectivity index (χ3v) is 3.95. The van der Waals surface area contributed by atoms with Crippen molar-refractivity contribution in [2.45, 2.75) is 0 Å². The molecule has 0 fully saturated rings. The molecular weight excluding hydrogens is 302 g/mol. The van der Waals surface area contributed by atoms with E-state index >= 15 is 0 Å². The Kier molecular flexibility index (Phi) is 1.40. The van der Waals surface area contributed by atoms with Gasteiger partial charge in [-0.25, -0.2) is 0 Å². The van der Waals surface area contributed by atoms with E-state index in [1.165, 1.54) is 16.7 Å². The monoisotopic (exact) mass is 332 g/mol. The highest BCUT2D eigenvalue weighted by molar-refractivity contribution is 6.09. The van der Waals surface area contributed by atoms with Crippen LogP contribution in [0.3, 0.4) is 0 Å². The van der Waals surface area contributed by atoms with Crippen molar-refractivity contribution in [2.75, 3.05) is 0 Å². The van der Waals surface area contributed by atoms with Crippen molar-refractivity contribution >= 4 is 21.8 Å². The van der Waals surface area contributed by atoms with Gasteiger partial charge in [0, 0.05) is 16.3 Å². The molecule has 4 aromatic carbocycles. The summed E-state index contributed by atoms with van der Waals surface area (Å²) in [6.45, 7) is 0. The first-order chi connectivity index (χ1) is 17.8. The minimum Gasteiger partial charge on any atom is -0.309 e. The number of hydrogen-bond acceptors (Lipinski definition) is 0. The number of hydrogen-bond donors (Lipinski definition) is 0. The van der Waals surface area contributed by atoms with Gasteiger partial charge in [0.25, 0.3) is 0 Å². The smallest absolute Gasteiger partial charge is 0.0645 e. The maximum atomic E-state index is 8.67. The summed E-state index contributed by atoms with van der Waals surface area (Å²) < 4.78 is 110. The first-order valence-corrected chi connectivity index (χ1v) is 7.50. The van der Waals surface area contributed by atoms with E-state index in [2.05, 4.69) is 0 Å². The zero-order chi connectivity index (χ0) is 28.0. The second-order valence-electron chi connectivity index (χ2n) is 5.30. The van der Waals surface area contributed by atoms with E-state index < -0.39 is 78.6 Å². The second-order valence-corrected chi connectivity index (χ2v) is 5.30. The van der Waals surface area contributed by atoms with Crippen LogP contribution in [0.1, 0.15) is 17.8 Å². The molecule has 0 saturated carbocycles. The molecule has 0 amide bonds. The van der Waals surface area contributed by atoms with Crippen molar-refractivity contribution in [1.29, 1.82) is 0 Å². The Bertz CT molecular complexity index is 1750. The fourth-order valence-corrected chi connectivity index (χ4v) is 2.93. The van der Waals surface area contributed by atoms with E-state index in [0.717, 1.165) is 0 Å². The zero-order valence-electron chi connectivity index (χ0n) is 25.8. The van der Waals surface area contributed by atoms with Crippen LogP contribution in [0, 0.1) is 0 Å². The molecule has 0 atom stereocenters. The molecule has 1 nitrogen and oxygen atoms in total. The van der Waals surface area contributed by atoms with Gasteiger partial charge in [-0.15, -0.1) is 0 Å². The number of benzene rings is 4. The third kappa shape index (κ3) is 2.17. The summed E-state index contributed by atoms with van der Waals surface area (Å²) >= 11 is 0. The summed E-state index contributed by atoms with van der Waals surface area (Å²) in [6.07, 6.45) is 0. The van der Waals surface area contributed by atoms with Crippen LogP contribution in [0.25, 0.3) is 38.6 Å². The molecular formula is C24H17N. The Morgan fingerprint density at radius 2 is 1.16 bits per heavy atom. The Hall–Kier alpha value is -3.32. The Balaban J connectivity index is 2.11. The van der Waals surface area contributed by atoms with E-state index in [4.69, 9.17) is 17.8 Å². The number of fused-ring (bicyclic) bond motifs is 3. The van der Waals surface area contributed by atoms with Gasteiger partial charge in [-0.1, -0.05) is 84.7 Å². The van der Waals surface area contributed by atoms with Crippen LogP contribution in [-0.4, -0.2) is 4.57 Å². The second kappa shape index (κ2) is 5.64. The lowest BCUT2D eigenvalue weighted by atomic mass is 10.0. The Morgan fingerprint density at radius 1 is 0.600 bits per heavy atom. The predicted molar refractivity (Wildman–Crippen MR) is 106 cm³/mol. The van der Waals surface area contributed by atoms with Crippen LogP contribution in [-0.2, 0) is 0 Å². The molecule has 0 unspecified atom stereocenters. The molecule has 0 aliphatic heterocycles. The molecule has 1 heterocycles. The lowest BCUT2D eigenvalue weighted by molar-refractivity contribution is 1.18. The van der Waals surface area contributed by atoms with Crippen LogP contribution in [0.15, 0.2) is 103 Å². The van der Waals surface area contributed by atoms with E-state index in [-0.39, 0.29) is 38.6 Å². The minimum atomic E-state index is -0.582. The van der Waals surface area contributed by atoms with Crippen LogP contribution >= 0.6 is 0 Å². The van der Waals surface area contributed by atoms with Crippen molar-refractivity contribution in [1.82, 2.24) is 4.57 Å². The molecule has 0 bridgehead atoms. The van der Waals surface area contributed by atoms with Gasteiger partial charge in [-0.2, -0.15) is 0 Å². The Labute approximate surface area is 165 Å². The fraction of sp³-hybridized carbons (Fsp3) is 0. The SMILES string of the molecule is [2H]c1c([2H])c([2H])c(-c2ccccc2-n2c3c([2H])c([2H])c([2H])c([2H])c3c3c([2H])c([2H])c([2H])c([2H])c32)c([2H])c1[2H]. The summed E-state index contributed by atoms with van der Waals surface area (Å²) in [6, 6.07) is -0.868. The van der Waals surface area contributed by atoms with Crippen molar-refractivity contribution in [3.8, 4) is 16.8 Å². The van der Waals surface area contributed by atoms with Gasteiger partial charge in [0.1, 0.15) is 0 Å². The summed E-state index contributed by atoms with van der Waals surface area (Å²) in [5.74, 6) is 0. The van der Waals surface area contributed by atoms with Crippen LogP contribution in [0.2, 0.25) is 0 Å². The van der Waals surface area contributed by atoms with E-state index in [1.54, 1.807) is 12.1 Å². The molecule has 0 radical (unpaired) electrons. The molecule has 5 rings (SSSR count). The van der Waals surface area contributed by atoms with E-state index in [9.17, 15) is 0 Å². The van der Waals surface area contributed by atoms with Crippen LogP contribution in [0.5, 0.6) is 0 Å². The highest BCUT2D eigenvalue weighted by Crippen LogP contribution is 2.35. The normalized spacial score (nSPS) is 18.5. The molecule has 5 aromatic rings. The Morgan fingerprint density at radius 3 is 1.84 bits per heavy atom. The number of nitrogens with zero attached hydrogens (tertiary/aromatic N) is 1. The third-order valence-electron chi connectivity index (χ3n) is 3.95. The lowest BCUT2D eigenvalue weighted by Gasteiger charge is -2.13. The largest absolute Gasteiger partial charge is 0.309 e. The summed E-state index contributed by atoms with van der Waals surface area (Å²) in [4.78, 5) is 0. The van der Waals surface area contributed by atoms with Gasteiger partial charge in [0.05, 0.1) is 34.5 Å². The van der Waals surface area contributed by atoms with Crippen LogP contribution in [0.4, 0.5) is 0 Å². The van der Waals surface area contributed by atoms with Gasteiger partial charge in [0.15, 0.2) is 0 Å². The maximum absolute atomic E-state index is 8.67. The first-order valence-electron chi connectivity index (χ1n) is 14.0. The molecule has 0 saturated heterocycles. The number of aromatic nitrogens is 1. The molecule has 0 aliphatic rings. The quantitative estimate of drug-likeness (QED) is 0.350. The van der Waals surface area contributed by atoms with Crippen molar-refractivity contribution in [2.24, 2.45) is 0 Å². The van der Waals surface area contributed by atoms with Gasteiger partial charge >= 0.3 is 0 Å². The minimum absolute atomic E-state index is 0.112. The standard InChI is InChI=1S/C24H17N/c1-2-10-18(11-3-1)19-12-4-7-15-22(19)25-23-16-8-5-13-20(23)21-14-6-9-17-24(21)25/h1-17H/i1D,2D,3D,5D,6D,8D,9D,10D,11D,13D,14D,16D,17D. The molecule has 25 heavy (non-hydrogen) atoms. The predicted octanol–water partition coefficient (Wildman–Crippen LogP) is 6.45. The van der Waals surface area contributed by atoms with Crippen molar-refractivity contribution < 1.29 is 17.8 Å². The van der Waals surface area contributed by atoms with Crippen molar-refractivity contribution in [3.05, 3.63) is 103 Å². The summed E-state index contributed by atoms with van der Waals surface area (Å²) in [5, 5.41) is -0.234. The van der Waals surface area contributed by atoms with E-state index in [1.807, 2.05) is 0 Å². The summed E-state index contributed by atoms with van der Waals surface area (Å²) in [5.41, 5.74) is -0.192. The maximum Gasteiger partial charge on any atom is 0.0645 e. The number of rotatable bonds is 2. The highest BCUT2D eigenvalue weighted by Gasteiger charge is 2.14. The van der Waals surface area contributed by atoms with Gasteiger partial charge in [-0.3, -0.25) is 0 Å². The van der Waals surface area contributed by atoms with Crippen LogP contribution < -0.4 is 0 Å². The molecule has 118 valence electrons.